The van der Waals surface area contributed by atoms with Crippen molar-refractivity contribution in [1.29, 1.82) is 0 Å². The summed E-state index contributed by atoms with van der Waals surface area (Å²) in [4.78, 5) is 0. The van der Waals surface area contributed by atoms with Gasteiger partial charge < -0.3 is 15.2 Å². The summed E-state index contributed by atoms with van der Waals surface area (Å²) in [6.45, 7) is 0. The van der Waals surface area contributed by atoms with Gasteiger partial charge >= 0.3 is 0 Å². The zero-order chi connectivity index (χ0) is 14.8. The molecule has 1 saturated carbocycles. The van der Waals surface area contributed by atoms with Gasteiger partial charge in [0.05, 0.1) is 13.2 Å². The maximum absolute atomic E-state index is 9.88. The van der Waals surface area contributed by atoms with Crippen LogP contribution in [-0.2, 0) is 0 Å². The highest BCUT2D eigenvalue weighted by molar-refractivity contribution is 6.30. The molecule has 0 aromatic heterocycles. The number of nitrogens with one attached hydrogen (secondary N) is 1. The average Bonchev–Trinajstić information content (AvgIpc) is 3.31. The van der Waals surface area contributed by atoms with Crippen molar-refractivity contribution in [3.05, 3.63) is 53.1 Å². The molecule has 2 aromatic carbocycles. The number of aromatic hydroxyl groups is 1. The first-order valence-electron chi connectivity index (χ1n) is 7.06. The Morgan fingerprint density at radius 3 is 2.48 bits per heavy atom. The number of hydrogen-bond acceptors (Lipinski definition) is 3. The molecule has 4 heteroatoms. The van der Waals surface area contributed by atoms with Crippen molar-refractivity contribution in [1.82, 2.24) is 0 Å². The van der Waals surface area contributed by atoms with Gasteiger partial charge in [-0.25, -0.2) is 0 Å². The largest absolute Gasteiger partial charge is 0.504 e. The number of benzene rings is 2. The summed E-state index contributed by atoms with van der Waals surface area (Å²) in [5.74, 6) is 1.26. The Kier molecular flexibility index (Phi) is 3.93. The smallest absolute Gasteiger partial charge is 0.160 e. The topological polar surface area (TPSA) is 41.5 Å². The minimum atomic E-state index is 0.146. The molecule has 3 rings (SSSR count). The lowest BCUT2D eigenvalue weighted by molar-refractivity contribution is 0.373. The normalized spacial score (nSPS) is 15.5. The van der Waals surface area contributed by atoms with Crippen molar-refractivity contribution in [2.45, 2.75) is 18.9 Å². The lowest BCUT2D eigenvalue weighted by Gasteiger charge is -2.20. The van der Waals surface area contributed by atoms with Gasteiger partial charge in [-0.3, -0.25) is 0 Å². The molecule has 1 aliphatic rings. The second-order valence-electron chi connectivity index (χ2n) is 5.40. The number of ether oxygens (including phenoxy) is 1. The van der Waals surface area contributed by atoms with E-state index in [1.54, 1.807) is 19.2 Å². The lowest BCUT2D eigenvalue weighted by Crippen LogP contribution is -2.12. The maximum Gasteiger partial charge on any atom is 0.160 e. The second kappa shape index (κ2) is 5.86. The number of phenols is 1. The fourth-order valence-corrected chi connectivity index (χ4v) is 2.66. The van der Waals surface area contributed by atoms with Gasteiger partial charge in [0.1, 0.15) is 0 Å². The fraction of sp³-hybridized carbons (Fsp3) is 0.294. The first kappa shape index (κ1) is 14.1. The van der Waals surface area contributed by atoms with Gasteiger partial charge in [0.15, 0.2) is 11.5 Å². The third-order valence-corrected chi connectivity index (χ3v) is 4.08. The maximum atomic E-state index is 9.88. The molecule has 0 radical (unpaired) electrons. The molecule has 0 bridgehead atoms. The Morgan fingerprint density at radius 1 is 1.19 bits per heavy atom. The molecule has 2 N–H and O–H groups in total. The first-order valence-corrected chi connectivity index (χ1v) is 7.44. The van der Waals surface area contributed by atoms with Crippen LogP contribution in [0.25, 0.3) is 0 Å². The molecule has 0 saturated heterocycles. The number of anilines is 1. The summed E-state index contributed by atoms with van der Waals surface area (Å²) >= 11 is 5.96. The number of phenolic OH excluding ortho intramolecular Hbond substituents is 1. The summed E-state index contributed by atoms with van der Waals surface area (Å²) in [6, 6.07) is 13.6. The standard InChI is InChI=1S/C17H18ClNO2/c1-21-16-9-8-14(10-15(16)20)19-17(11-2-3-11)12-4-6-13(18)7-5-12/h4-11,17,19-20H,2-3H2,1H3. The minimum absolute atomic E-state index is 0.146. The average molecular weight is 304 g/mol. The van der Waals surface area contributed by atoms with Crippen LogP contribution in [0.2, 0.25) is 5.02 Å². The Balaban J connectivity index is 1.82. The highest BCUT2D eigenvalue weighted by atomic mass is 35.5. The summed E-state index contributed by atoms with van der Waals surface area (Å²) in [6.07, 6.45) is 2.45. The zero-order valence-corrected chi connectivity index (χ0v) is 12.6. The van der Waals surface area contributed by atoms with Crippen LogP contribution in [0.1, 0.15) is 24.4 Å². The van der Waals surface area contributed by atoms with Crippen LogP contribution in [0, 0.1) is 5.92 Å². The van der Waals surface area contributed by atoms with Gasteiger partial charge in [-0.15, -0.1) is 0 Å². The van der Waals surface area contributed by atoms with Gasteiger partial charge in [-0.05, 0) is 48.6 Å². The minimum Gasteiger partial charge on any atom is -0.504 e. The van der Waals surface area contributed by atoms with Gasteiger partial charge in [-0.2, -0.15) is 0 Å². The Bertz CT molecular complexity index is 623. The number of halogens is 1. The van der Waals surface area contributed by atoms with E-state index in [0.717, 1.165) is 10.7 Å². The van der Waals surface area contributed by atoms with E-state index < -0.39 is 0 Å². The summed E-state index contributed by atoms with van der Waals surface area (Å²) in [7, 11) is 1.54. The van der Waals surface area contributed by atoms with E-state index in [-0.39, 0.29) is 11.8 Å². The van der Waals surface area contributed by atoms with Crippen LogP contribution in [0.3, 0.4) is 0 Å². The molecule has 1 aliphatic carbocycles. The molecule has 1 atom stereocenters. The van der Waals surface area contributed by atoms with Gasteiger partial charge in [0.25, 0.3) is 0 Å². The molecular formula is C17H18ClNO2. The van der Waals surface area contributed by atoms with E-state index >= 15 is 0 Å². The predicted octanol–water partition coefficient (Wildman–Crippen LogP) is 4.62. The van der Waals surface area contributed by atoms with Crippen molar-refractivity contribution >= 4 is 17.3 Å². The van der Waals surface area contributed by atoms with E-state index in [0.29, 0.717) is 11.7 Å². The molecule has 3 nitrogen and oxygen atoms in total. The Labute approximate surface area is 129 Å². The van der Waals surface area contributed by atoms with E-state index in [4.69, 9.17) is 16.3 Å². The molecule has 0 heterocycles. The second-order valence-corrected chi connectivity index (χ2v) is 5.83. The van der Waals surface area contributed by atoms with Gasteiger partial charge in [0, 0.05) is 16.8 Å². The van der Waals surface area contributed by atoms with E-state index in [9.17, 15) is 5.11 Å². The quantitative estimate of drug-likeness (QED) is 0.847. The van der Waals surface area contributed by atoms with Crippen molar-refractivity contribution in [3.63, 3.8) is 0 Å². The molecule has 0 spiro atoms. The Morgan fingerprint density at radius 2 is 1.90 bits per heavy atom. The third kappa shape index (κ3) is 3.24. The molecule has 21 heavy (non-hydrogen) atoms. The fourth-order valence-electron chi connectivity index (χ4n) is 2.53. The van der Waals surface area contributed by atoms with Crippen LogP contribution < -0.4 is 10.1 Å². The zero-order valence-electron chi connectivity index (χ0n) is 11.8. The Hall–Kier alpha value is -1.87. The van der Waals surface area contributed by atoms with Crippen molar-refractivity contribution in [3.8, 4) is 11.5 Å². The van der Waals surface area contributed by atoms with E-state index in [1.165, 1.54) is 18.4 Å². The first-order chi connectivity index (χ1) is 10.2. The molecule has 2 aromatic rings. The van der Waals surface area contributed by atoms with Crippen LogP contribution in [-0.4, -0.2) is 12.2 Å². The van der Waals surface area contributed by atoms with Crippen LogP contribution in [0.4, 0.5) is 5.69 Å². The highest BCUT2D eigenvalue weighted by Crippen LogP contribution is 2.43. The van der Waals surface area contributed by atoms with Crippen molar-refractivity contribution in [2.24, 2.45) is 5.92 Å². The number of hydrogen-bond donors (Lipinski definition) is 2. The lowest BCUT2D eigenvalue weighted by atomic mass is 10.0. The van der Waals surface area contributed by atoms with Crippen molar-refractivity contribution < 1.29 is 9.84 Å². The summed E-state index contributed by atoms with van der Waals surface area (Å²) < 4.78 is 5.07. The van der Waals surface area contributed by atoms with Crippen LogP contribution >= 0.6 is 11.6 Å². The highest BCUT2D eigenvalue weighted by Gasteiger charge is 2.32. The summed E-state index contributed by atoms with van der Waals surface area (Å²) in [5.41, 5.74) is 2.11. The van der Waals surface area contributed by atoms with Gasteiger partial charge in [0.2, 0.25) is 0 Å². The van der Waals surface area contributed by atoms with E-state index in [2.05, 4.69) is 17.4 Å². The number of methoxy groups -OCH3 is 1. The molecule has 110 valence electrons. The molecule has 1 unspecified atom stereocenters. The van der Waals surface area contributed by atoms with Crippen molar-refractivity contribution in [2.75, 3.05) is 12.4 Å². The molecule has 1 fully saturated rings. The number of rotatable bonds is 5. The predicted molar refractivity (Wildman–Crippen MR) is 85.2 cm³/mol. The van der Waals surface area contributed by atoms with Crippen LogP contribution in [0.15, 0.2) is 42.5 Å². The van der Waals surface area contributed by atoms with Crippen LogP contribution in [0.5, 0.6) is 11.5 Å². The summed E-state index contributed by atoms with van der Waals surface area (Å²) in [5, 5.41) is 14.1. The van der Waals surface area contributed by atoms with E-state index in [1.807, 2.05) is 18.2 Å². The monoisotopic (exact) mass is 303 g/mol. The molecule has 0 amide bonds. The molecule has 0 aliphatic heterocycles. The molecular weight excluding hydrogens is 286 g/mol. The van der Waals surface area contributed by atoms with Gasteiger partial charge in [-0.1, -0.05) is 23.7 Å². The SMILES string of the molecule is COc1ccc(NC(c2ccc(Cl)cc2)C2CC2)cc1O. The third-order valence-electron chi connectivity index (χ3n) is 3.82.